The van der Waals surface area contributed by atoms with E-state index >= 15 is 0 Å². The lowest BCUT2D eigenvalue weighted by Gasteiger charge is -2.17. The van der Waals surface area contributed by atoms with Gasteiger partial charge in [0.05, 0.1) is 11.1 Å². The molecule has 0 saturated carbocycles. The van der Waals surface area contributed by atoms with Crippen LogP contribution in [-0.2, 0) is 6.54 Å². The number of aromatic hydroxyl groups is 1. The lowest BCUT2D eigenvalue weighted by atomic mass is 10.0. The summed E-state index contributed by atoms with van der Waals surface area (Å²) in [4.78, 5) is 14.8. The highest BCUT2D eigenvalue weighted by molar-refractivity contribution is 6.15. The molecule has 0 amide bonds. The molecule has 1 fully saturated rings. The molecule has 1 saturated heterocycles. The number of Topliss-reactive ketones (excluding diaryl/α,β-unsaturated/α-hetero) is 1. The van der Waals surface area contributed by atoms with Crippen molar-refractivity contribution in [1.29, 1.82) is 0 Å². The van der Waals surface area contributed by atoms with E-state index in [1.165, 1.54) is 12.1 Å². The van der Waals surface area contributed by atoms with Crippen LogP contribution in [0.25, 0.3) is 6.08 Å². The minimum atomic E-state index is -0.332. The first-order valence-electron chi connectivity index (χ1n) is 8.39. The smallest absolute Gasteiger partial charge is 0.231 e. The maximum Gasteiger partial charge on any atom is 0.231 e. The van der Waals surface area contributed by atoms with E-state index in [1.807, 2.05) is 0 Å². The summed E-state index contributed by atoms with van der Waals surface area (Å²) in [6.45, 7) is 2.52. The number of hydrogen-bond acceptors (Lipinski definition) is 4. The number of ether oxygens (including phenoxy) is 1. The molecular formula is C20H18FNO3. The number of fused-ring (bicyclic) bond motifs is 1. The normalized spacial score (nSPS) is 18.6. The Bertz CT molecular complexity index is 852. The summed E-state index contributed by atoms with van der Waals surface area (Å²) >= 11 is 0. The summed E-state index contributed by atoms with van der Waals surface area (Å²) in [7, 11) is 0. The number of carbonyl (C=O) groups is 1. The fraction of sp³-hybridized carbons (Fsp3) is 0.250. The van der Waals surface area contributed by atoms with Crippen molar-refractivity contribution < 1.29 is 19.0 Å². The van der Waals surface area contributed by atoms with Crippen LogP contribution < -0.4 is 4.74 Å². The van der Waals surface area contributed by atoms with Gasteiger partial charge in [-0.15, -0.1) is 0 Å². The quantitative estimate of drug-likeness (QED) is 0.866. The van der Waals surface area contributed by atoms with E-state index in [9.17, 15) is 14.3 Å². The van der Waals surface area contributed by atoms with Crippen molar-refractivity contribution in [2.75, 3.05) is 13.1 Å². The fourth-order valence-corrected chi connectivity index (χ4v) is 3.32. The number of phenols is 1. The second-order valence-electron chi connectivity index (χ2n) is 6.41. The van der Waals surface area contributed by atoms with Crippen LogP contribution >= 0.6 is 0 Å². The molecule has 2 aromatic rings. The van der Waals surface area contributed by atoms with Crippen molar-refractivity contribution in [2.24, 2.45) is 0 Å². The number of benzene rings is 2. The largest absolute Gasteiger partial charge is 0.507 e. The number of rotatable bonds is 3. The Morgan fingerprint density at radius 1 is 1.12 bits per heavy atom. The lowest BCUT2D eigenvalue weighted by molar-refractivity contribution is 0.101. The first-order chi connectivity index (χ1) is 12.1. The van der Waals surface area contributed by atoms with Gasteiger partial charge in [0.2, 0.25) is 5.78 Å². The third-order valence-electron chi connectivity index (χ3n) is 4.66. The minimum Gasteiger partial charge on any atom is -0.507 e. The van der Waals surface area contributed by atoms with Crippen molar-refractivity contribution in [3.8, 4) is 11.5 Å². The Morgan fingerprint density at radius 2 is 1.84 bits per heavy atom. The molecule has 2 heterocycles. The average Bonchev–Trinajstić information content (AvgIpc) is 3.22. The number of ketones is 1. The van der Waals surface area contributed by atoms with Crippen molar-refractivity contribution in [3.05, 3.63) is 64.7 Å². The number of halogens is 1. The van der Waals surface area contributed by atoms with E-state index in [1.54, 1.807) is 30.3 Å². The van der Waals surface area contributed by atoms with Gasteiger partial charge in [-0.2, -0.15) is 0 Å². The van der Waals surface area contributed by atoms with Crippen LogP contribution in [0.2, 0.25) is 0 Å². The lowest BCUT2D eigenvalue weighted by Crippen LogP contribution is -2.18. The van der Waals surface area contributed by atoms with Gasteiger partial charge in [0.15, 0.2) is 5.76 Å². The third kappa shape index (κ3) is 3.03. The number of hydrogen-bond donors (Lipinski definition) is 1. The van der Waals surface area contributed by atoms with Crippen LogP contribution in [0, 0.1) is 5.82 Å². The molecule has 1 N–H and O–H groups in total. The average molecular weight is 339 g/mol. The second-order valence-corrected chi connectivity index (χ2v) is 6.41. The standard InChI is InChI=1S/C20H18FNO3/c21-14-5-3-13(4-6-14)11-18-19(24)15-7-8-17(23)16(20(15)25-18)12-22-9-1-2-10-22/h3-8,11,23H,1-2,9-10,12H2/b18-11-. The fourth-order valence-electron chi connectivity index (χ4n) is 3.32. The maximum atomic E-state index is 13.0. The Balaban J connectivity index is 1.67. The zero-order valence-electron chi connectivity index (χ0n) is 13.7. The Morgan fingerprint density at radius 3 is 2.56 bits per heavy atom. The molecule has 2 aliphatic heterocycles. The third-order valence-corrected chi connectivity index (χ3v) is 4.66. The summed E-state index contributed by atoms with van der Waals surface area (Å²) in [6.07, 6.45) is 3.88. The van der Waals surface area contributed by atoms with Crippen molar-refractivity contribution in [3.63, 3.8) is 0 Å². The van der Waals surface area contributed by atoms with Gasteiger partial charge in [-0.05, 0) is 61.8 Å². The Hall–Kier alpha value is -2.66. The Labute approximate surface area is 145 Å². The minimum absolute atomic E-state index is 0.140. The molecular weight excluding hydrogens is 321 g/mol. The van der Waals surface area contributed by atoms with Gasteiger partial charge in [0, 0.05) is 6.54 Å². The Kier molecular flexibility index (Phi) is 4.01. The monoisotopic (exact) mass is 339 g/mol. The summed E-state index contributed by atoms with van der Waals surface area (Å²) in [5, 5.41) is 10.2. The van der Waals surface area contributed by atoms with Crippen molar-refractivity contribution in [1.82, 2.24) is 4.90 Å². The molecule has 0 radical (unpaired) electrons. The molecule has 4 nitrogen and oxygen atoms in total. The second kappa shape index (κ2) is 6.33. The van der Waals surface area contributed by atoms with Gasteiger partial charge in [0.1, 0.15) is 17.3 Å². The zero-order valence-corrected chi connectivity index (χ0v) is 13.7. The van der Waals surface area contributed by atoms with Crippen LogP contribution in [0.5, 0.6) is 11.5 Å². The number of likely N-dealkylation sites (tertiary alicyclic amines) is 1. The van der Waals surface area contributed by atoms with E-state index in [0.717, 1.165) is 25.9 Å². The molecule has 0 atom stereocenters. The molecule has 2 aliphatic rings. The number of allylic oxidation sites excluding steroid dienone is 1. The van der Waals surface area contributed by atoms with Crippen molar-refractivity contribution in [2.45, 2.75) is 19.4 Å². The van der Waals surface area contributed by atoms with Gasteiger partial charge < -0.3 is 9.84 Å². The van der Waals surface area contributed by atoms with Gasteiger partial charge in [0.25, 0.3) is 0 Å². The van der Waals surface area contributed by atoms with Crippen LogP contribution in [0.15, 0.2) is 42.2 Å². The van der Waals surface area contributed by atoms with E-state index in [2.05, 4.69) is 4.90 Å². The molecule has 4 rings (SSSR count). The molecule has 0 aromatic heterocycles. The molecule has 25 heavy (non-hydrogen) atoms. The summed E-state index contributed by atoms with van der Waals surface area (Å²) in [5.41, 5.74) is 1.79. The topological polar surface area (TPSA) is 49.8 Å². The molecule has 0 unspecified atom stereocenters. The molecule has 0 aliphatic carbocycles. The predicted octanol–water partition coefficient (Wildman–Crippen LogP) is 3.74. The molecule has 5 heteroatoms. The van der Waals surface area contributed by atoms with Gasteiger partial charge in [-0.25, -0.2) is 4.39 Å². The zero-order chi connectivity index (χ0) is 17.4. The predicted molar refractivity (Wildman–Crippen MR) is 92.0 cm³/mol. The number of phenolic OH excluding ortho intramolecular Hbond substituents is 1. The molecule has 0 bridgehead atoms. The summed E-state index contributed by atoms with van der Waals surface area (Å²) in [6, 6.07) is 8.99. The molecule has 2 aromatic carbocycles. The van der Waals surface area contributed by atoms with Crippen LogP contribution in [-0.4, -0.2) is 28.9 Å². The highest BCUT2D eigenvalue weighted by Crippen LogP contribution is 2.40. The van der Waals surface area contributed by atoms with Crippen LogP contribution in [0.1, 0.15) is 34.3 Å². The van der Waals surface area contributed by atoms with E-state index < -0.39 is 0 Å². The van der Waals surface area contributed by atoms with E-state index in [-0.39, 0.29) is 23.1 Å². The molecule has 0 spiro atoms. The van der Waals surface area contributed by atoms with Gasteiger partial charge in [-0.1, -0.05) is 12.1 Å². The van der Waals surface area contributed by atoms with E-state index in [0.29, 0.717) is 29.0 Å². The van der Waals surface area contributed by atoms with Gasteiger partial charge >= 0.3 is 0 Å². The number of nitrogens with zero attached hydrogens (tertiary/aromatic N) is 1. The van der Waals surface area contributed by atoms with Crippen LogP contribution in [0.4, 0.5) is 4.39 Å². The van der Waals surface area contributed by atoms with Crippen molar-refractivity contribution >= 4 is 11.9 Å². The molecule has 128 valence electrons. The van der Waals surface area contributed by atoms with E-state index in [4.69, 9.17) is 4.74 Å². The first-order valence-corrected chi connectivity index (χ1v) is 8.39. The first kappa shape index (κ1) is 15.8. The summed E-state index contributed by atoms with van der Waals surface area (Å²) < 4.78 is 18.8. The maximum absolute atomic E-state index is 13.0. The highest BCUT2D eigenvalue weighted by Gasteiger charge is 2.31. The summed E-state index contributed by atoms with van der Waals surface area (Å²) in [5.74, 6) is 0.213. The highest BCUT2D eigenvalue weighted by atomic mass is 19.1. The van der Waals surface area contributed by atoms with Crippen LogP contribution in [0.3, 0.4) is 0 Å². The van der Waals surface area contributed by atoms with Gasteiger partial charge in [-0.3, -0.25) is 9.69 Å². The number of carbonyl (C=O) groups excluding carboxylic acids is 1. The SMILES string of the molecule is O=C1/C(=C/c2ccc(F)cc2)Oc2c1ccc(O)c2CN1CCCC1.